The highest BCUT2D eigenvalue weighted by Gasteiger charge is 2.55. The van der Waals surface area contributed by atoms with Crippen LogP contribution in [-0.4, -0.2) is 28.1 Å². The molecule has 4 amide bonds. The van der Waals surface area contributed by atoms with Gasteiger partial charge in [-0.2, -0.15) is 0 Å². The van der Waals surface area contributed by atoms with E-state index in [0.29, 0.717) is 25.7 Å². The maximum atomic E-state index is 14.7. The van der Waals surface area contributed by atoms with E-state index in [1.807, 2.05) is 0 Å². The molecule has 0 aromatic heterocycles. The summed E-state index contributed by atoms with van der Waals surface area (Å²) in [5, 5.41) is 0. The molecule has 0 radical (unpaired) electrons. The van der Waals surface area contributed by atoms with E-state index in [0.717, 1.165) is 128 Å². The average Bonchev–Trinajstić information content (AvgIpc) is 3.43. The van der Waals surface area contributed by atoms with Crippen molar-refractivity contribution in [2.24, 2.45) is 0 Å². The first-order valence-electron chi connectivity index (χ1n) is 34.6. The van der Waals surface area contributed by atoms with Gasteiger partial charge in [0.2, 0.25) is 0 Å². The topological polar surface area (TPSA) is 68.3 Å². The van der Waals surface area contributed by atoms with E-state index in [1.165, 1.54) is 180 Å². The third kappa shape index (κ3) is 47.0. The second-order valence-corrected chi connectivity index (χ2v) is 23.6. The number of carbonyl (C=O) groups is 4. The van der Waals surface area contributed by atoms with Crippen molar-refractivity contribution >= 4 is 23.6 Å². The fourth-order valence-corrected chi connectivity index (χ4v) is 10.9. The summed E-state index contributed by atoms with van der Waals surface area (Å²) in [6, 6.07) is 0. The maximum Gasteiger partial charge on any atom is 0.336 e. The Morgan fingerprint density at radius 1 is 0.195 bits per heavy atom. The molecule has 0 rings (SSSR count). The van der Waals surface area contributed by atoms with Crippen LogP contribution in [0.2, 0.25) is 0 Å². The number of unbranched alkanes of at least 4 members (excludes halogenated alkanes) is 44. The molecule has 448 valence electrons. The number of imide groups is 6. The smallest absolute Gasteiger partial charge is 0.229 e. The molecular formula is C72H132NO4+. The molecule has 0 saturated heterocycles. The van der Waals surface area contributed by atoms with E-state index in [9.17, 15) is 19.2 Å². The first-order valence-corrected chi connectivity index (χ1v) is 34.6. The lowest BCUT2D eigenvalue weighted by atomic mass is 10.0. The van der Waals surface area contributed by atoms with E-state index in [-0.39, 0.29) is 25.7 Å². The third-order valence-electron chi connectivity index (χ3n) is 16.1. The summed E-state index contributed by atoms with van der Waals surface area (Å²) in [6.07, 6.45) is 79.3. The van der Waals surface area contributed by atoms with Crippen LogP contribution in [0.3, 0.4) is 0 Å². The van der Waals surface area contributed by atoms with Crippen molar-refractivity contribution in [2.45, 2.75) is 387 Å². The van der Waals surface area contributed by atoms with E-state index < -0.39 is 28.1 Å². The fourth-order valence-electron chi connectivity index (χ4n) is 10.9. The minimum absolute atomic E-state index is 0.118. The highest BCUT2D eigenvalue weighted by molar-refractivity contribution is 6.09. The predicted molar refractivity (Wildman–Crippen MR) is 338 cm³/mol. The Hall–Kier alpha value is -2.40. The van der Waals surface area contributed by atoms with Crippen LogP contribution < -0.4 is 0 Å². The van der Waals surface area contributed by atoms with Crippen LogP contribution in [0, 0.1) is 0 Å². The molecule has 0 N–H and O–H groups in total. The zero-order chi connectivity index (χ0) is 56.1. The summed E-state index contributed by atoms with van der Waals surface area (Å²) in [6.45, 7) is 9.07. The average molecular weight is 1080 g/mol. The van der Waals surface area contributed by atoms with Gasteiger partial charge in [0, 0.05) is 0 Å². The van der Waals surface area contributed by atoms with E-state index in [4.69, 9.17) is 0 Å². The van der Waals surface area contributed by atoms with Crippen LogP contribution in [0.25, 0.3) is 0 Å². The first-order chi connectivity index (χ1) is 37.9. The summed E-state index contributed by atoms with van der Waals surface area (Å²) >= 11 is 0. The Bertz CT molecular complexity index is 1210. The largest absolute Gasteiger partial charge is 0.336 e. The van der Waals surface area contributed by atoms with Gasteiger partial charge >= 0.3 is 23.6 Å². The van der Waals surface area contributed by atoms with Gasteiger partial charge in [0.15, 0.2) is 0 Å². The fraction of sp³-hybridized carbons (Fsp3) is 0.833. The number of rotatable bonds is 60. The maximum absolute atomic E-state index is 14.7. The van der Waals surface area contributed by atoms with Crippen molar-refractivity contribution in [1.29, 1.82) is 0 Å². The molecule has 0 heterocycles. The van der Waals surface area contributed by atoms with E-state index >= 15 is 0 Å². The van der Waals surface area contributed by atoms with Gasteiger partial charge in [-0.3, -0.25) is 0 Å². The normalized spacial score (nSPS) is 12.8. The summed E-state index contributed by atoms with van der Waals surface area (Å²) < 4.78 is -1.15. The van der Waals surface area contributed by atoms with Gasteiger partial charge in [0.25, 0.3) is 0 Å². The van der Waals surface area contributed by atoms with Gasteiger partial charge < -0.3 is 0 Å². The highest BCUT2D eigenvalue weighted by Crippen LogP contribution is 2.26. The number of amides is 4. The van der Waals surface area contributed by atoms with Crippen molar-refractivity contribution in [2.75, 3.05) is 0 Å². The molecular weight excluding hydrogens is 943 g/mol. The molecule has 0 aliphatic carbocycles. The highest BCUT2D eigenvalue weighted by atomic mass is 16.2. The lowest BCUT2D eigenvalue weighted by Gasteiger charge is -2.29. The van der Waals surface area contributed by atoms with Gasteiger partial charge in [-0.1, -0.05) is 286 Å². The van der Waals surface area contributed by atoms with Crippen LogP contribution in [-0.2, 0) is 19.2 Å². The Balaban J connectivity index is 5.63. The molecule has 0 aliphatic heterocycles. The van der Waals surface area contributed by atoms with Crippen molar-refractivity contribution < 1.29 is 23.7 Å². The molecule has 0 aromatic carbocycles. The predicted octanol–water partition coefficient (Wildman–Crippen LogP) is 24.1. The number of allylic oxidation sites excluding steroid dienone is 8. The van der Waals surface area contributed by atoms with Gasteiger partial charge in [-0.05, 0) is 128 Å². The van der Waals surface area contributed by atoms with Crippen molar-refractivity contribution in [3.05, 3.63) is 48.6 Å². The summed E-state index contributed by atoms with van der Waals surface area (Å²) in [5.41, 5.74) is 0. The van der Waals surface area contributed by atoms with E-state index in [1.54, 1.807) is 0 Å². The molecule has 0 bridgehead atoms. The number of hydrogen-bond donors (Lipinski definition) is 0. The lowest BCUT2D eigenvalue weighted by Crippen LogP contribution is -2.64. The zero-order valence-electron chi connectivity index (χ0n) is 52.3. The van der Waals surface area contributed by atoms with Crippen LogP contribution in [0.4, 0.5) is 0 Å². The molecule has 0 saturated carbocycles. The Morgan fingerprint density at radius 3 is 0.481 bits per heavy atom. The standard InChI is InChI=1S/C72H132NO4/c1-5-9-13-17-21-25-29-33-37-41-45-49-53-57-61-65-69(74)73(70(75)66-62-58-54-50-46-42-38-34-30-26-22-18-14-10-6-2,71(76)67-63-59-55-51-47-43-39-35-31-27-23-19-15-11-7-3)72(77)68-64-60-56-52-48-44-40-36-32-28-24-20-16-12-8-4/h33-40H,5-32,41-68H2,1-4H3/q+1. The van der Waals surface area contributed by atoms with Gasteiger partial charge in [0.05, 0.1) is 25.7 Å². The van der Waals surface area contributed by atoms with Gasteiger partial charge in [-0.25, -0.2) is 19.2 Å². The Labute approximate surface area is 481 Å². The van der Waals surface area contributed by atoms with Crippen molar-refractivity contribution in [1.82, 2.24) is 0 Å². The summed E-state index contributed by atoms with van der Waals surface area (Å²) in [5.74, 6) is -1.79. The number of carbonyl (C=O) groups excluding carboxylic acids is 4. The van der Waals surface area contributed by atoms with Crippen molar-refractivity contribution in [3.8, 4) is 0 Å². The van der Waals surface area contributed by atoms with Crippen LogP contribution in [0.5, 0.6) is 0 Å². The Kier molecular flexibility index (Phi) is 59.3. The molecule has 5 nitrogen and oxygen atoms in total. The van der Waals surface area contributed by atoms with Crippen LogP contribution in [0.1, 0.15) is 387 Å². The van der Waals surface area contributed by atoms with Gasteiger partial charge in [0.1, 0.15) is 0 Å². The summed E-state index contributed by atoms with van der Waals surface area (Å²) in [7, 11) is 0. The molecule has 77 heavy (non-hydrogen) atoms. The molecule has 0 spiro atoms. The molecule has 0 fully saturated rings. The quantitative estimate of drug-likeness (QED) is 0.0346. The van der Waals surface area contributed by atoms with Crippen LogP contribution in [0.15, 0.2) is 48.6 Å². The van der Waals surface area contributed by atoms with E-state index in [2.05, 4.69) is 76.3 Å². The van der Waals surface area contributed by atoms with Crippen LogP contribution >= 0.6 is 0 Å². The lowest BCUT2D eigenvalue weighted by molar-refractivity contribution is -0.629. The molecule has 5 heteroatoms. The molecule has 0 atom stereocenters. The Morgan fingerprint density at radius 2 is 0.325 bits per heavy atom. The zero-order valence-corrected chi connectivity index (χ0v) is 52.3. The molecule has 0 aromatic rings. The van der Waals surface area contributed by atoms with Crippen molar-refractivity contribution in [3.63, 3.8) is 0 Å². The number of hydrogen-bond acceptors (Lipinski definition) is 4. The number of nitrogens with zero attached hydrogens (tertiary/aromatic N) is 1. The summed E-state index contributed by atoms with van der Waals surface area (Å²) in [4.78, 5) is 58.7. The monoisotopic (exact) mass is 1080 g/mol. The minimum Gasteiger partial charge on any atom is -0.229 e. The van der Waals surface area contributed by atoms with Gasteiger partial charge in [-0.15, -0.1) is 0 Å². The first kappa shape index (κ1) is 74.6. The minimum atomic E-state index is -1.15. The SMILES string of the molecule is CCCCCCCCC=CCCCCCCCC(=O)[N+](C(=O)CCCCCCCC=CCCCCCCCC)(C(=O)CCCCCCCC=CCCCCCCCC)C(=O)CCCCCCCC=CCCCCCCCC. The third-order valence-corrected chi connectivity index (χ3v) is 16.1. The number of quaternary nitrogens is 1. The molecule has 0 aliphatic rings. The molecule has 0 unspecified atom stereocenters. The second kappa shape index (κ2) is 61.2. The second-order valence-electron chi connectivity index (χ2n) is 23.6.